The Hall–Kier alpha value is -1.98. The molecule has 150 valence electrons. The third-order valence-corrected chi connectivity index (χ3v) is 5.63. The zero-order valence-electron chi connectivity index (χ0n) is 16.4. The van der Waals surface area contributed by atoms with Crippen molar-refractivity contribution >= 4 is 11.9 Å². The van der Waals surface area contributed by atoms with Crippen LogP contribution in [-0.4, -0.2) is 38.4 Å². The summed E-state index contributed by atoms with van der Waals surface area (Å²) in [6.07, 6.45) is 6.26. The smallest absolute Gasteiger partial charge is 0.337 e. The maximum atomic E-state index is 12.4. The Kier molecular flexibility index (Phi) is 6.80. The lowest BCUT2D eigenvalue weighted by atomic mass is 9.91. The van der Waals surface area contributed by atoms with E-state index in [1.54, 1.807) is 0 Å². The quantitative estimate of drug-likeness (QED) is 0.599. The third kappa shape index (κ3) is 4.85. The van der Waals surface area contributed by atoms with Crippen molar-refractivity contribution in [1.82, 2.24) is 0 Å². The molecule has 1 saturated heterocycles. The first-order chi connectivity index (χ1) is 13.1. The summed E-state index contributed by atoms with van der Waals surface area (Å²) >= 11 is 0. The summed E-state index contributed by atoms with van der Waals surface area (Å²) in [4.78, 5) is 24.8. The van der Waals surface area contributed by atoms with Gasteiger partial charge in [-0.25, -0.2) is 9.59 Å². The van der Waals surface area contributed by atoms with E-state index in [4.69, 9.17) is 18.9 Å². The van der Waals surface area contributed by atoms with E-state index >= 15 is 0 Å². The maximum absolute atomic E-state index is 12.4. The highest BCUT2D eigenvalue weighted by Crippen LogP contribution is 2.33. The van der Waals surface area contributed by atoms with Gasteiger partial charge >= 0.3 is 11.9 Å². The van der Waals surface area contributed by atoms with Crippen molar-refractivity contribution in [3.05, 3.63) is 22.7 Å². The van der Waals surface area contributed by atoms with Gasteiger partial charge in [0.2, 0.25) is 0 Å². The van der Waals surface area contributed by atoms with E-state index in [0.29, 0.717) is 61.9 Å². The molecule has 1 fully saturated rings. The standard InChI is InChI=1S/C21H30O6/c1-14-18-16(12-26-14)8-4-3-5-9-17-13-27-15(2)19(17)21(23)25-11-7-6-10-24-20(18)22/h16-17H,3-13H2,1-2H3. The van der Waals surface area contributed by atoms with Crippen LogP contribution in [0.3, 0.4) is 0 Å². The highest BCUT2D eigenvalue weighted by atomic mass is 16.5. The van der Waals surface area contributed by atoms with Crippen LogP contribution in [-0.2, 0) is 28.5 Å². The van der Waals surface area contributed by atoms with Gasteiger partial charge in [0.15, 0.2) is 0 Å². The molecule has 3 aliphatic heterocycles. The zero-order chi connectivity index (χ0) is 19.2. The lowest BCUT2D eigenvalue weighted by Crippen LogP contribution is -2.17. The van der Waals surface area contributed by atoms with Gasteiger partial charge in [0.05, 0.1) is 37.6 Å². The van der Waals surface area contributed by atoms with Crippen LogP contribution in [0.2, 0.25) is 0 Å². The number of rotatable bonds is 0. The van der Waals surface area contributed by atoms with Gasteiger partial charge in [-0.2, -0.15) is 0 Å². The second kappa shape index (κ2) is 9.29. The van der Waals surface area contributed by atoms with Crippen LogP contribution in [0.1, 0.15) is 58.8 Å². The SMILES string of the molecule is CC1=C2C(=O)OCCCCOC(=O)C3=C(C)OCC3CCCCCC2CO1. The fourth-order valence-corrected chi connectivity index (χ4v) is 4.07. The van der Waals surface area contributed by atoms with Crippen molar-refractivity contribution in [2.45, 2.75) is 58.8 Å². The average molecular weight is 378 g/mol. The van der Waals surface area contributed by atoms with Gasteiger partial charge in [-0.05, 0) is 39.5 Å². The van der Waals surface area contributed by atoms with Crippen LogP contribution in [0.4, 0.5) is 0 Å². The van der Waals surface area contributed by atoms with Gasteiger partial charge in [0, 0.05) is 11.8 Å². The summed E-state index contributed by atoms with van der Waals surface area (Å²) in [5.74, 6) is 1.14. The minimum absolute atomic E-state index is 0.130. The van der Waals surface area contributed by atoms with E-state index in [0.717, 1.165) is 32.1 Å². The second-order valence-corrected chi connectivity index (χ2v) is 7.57. The number of esters is 2. The first-order valence-electron chi connectivity index (χ1n) is 10.1. The van der Waals surface area contributed by atoms with E-state index in [-0.39, 0.29) is 23.8 Å². The molecule has 0 aromatic rings. The summed E-state index contributed by atoms with van der Waals surface area (Å²) in [5.41, 5.74) is 1.41. The van der Waals surface area contributed by atoms with E-state index in [2.05, 4.69) is 0 Å². The van der Waals surface area contributed by atoms with Gasteiger partial charge in [-0.15, -0.1) is 0 Å². The molecule has 6 nitrogen and oxygen atoms in total. The molecule has 0 aromatic heterocycles. The molecule has 0 saturated carbocycles. The molecule has 6 heteroatoms. The molecule has 0 radical (unpaired) electrons. The maximum Gasteiger partial charge on any atom is 0.337 e. The van der Waals surface area contributed by atoms with Gasteiger partial charge < -0.3 is 18.9 Å². The molecule has 0 amide bonds. The predicted molar refractivity (Wildman–Crippen MR) is 98.5 cm³/mol. The predicted octanol–water partition coefficient (Wildman–Crippen LogP) is 3.66. The zero-order valence-corrected chi connectivity index (χ0v) is 16.4. The van der Waals surface area contributed by atoms with E-state index in [1.807, 2.05) is 13.8 Å². The highest BCUT2D eigenvalue weighted by Gasteiger charge is 2.33. The highest BCUT2D eigenvalue weighted by molar-refractivity contribution is 5.90. The van der Waals surface area contributed by atoms with E-state index in [9.17, 15) is 9.59 Å². The first kappa shape index (κ1) is 19.8. The first-order valence-corrected chi connectivity index (χ1v) is 10.1. The number of fused-ring (bicyclic) bond motifs is 2. The molecule has 0 N–H and O–H groups in total. The minimum Gasteiger partial charge on any atom is -0.497 e. The minimum atomic E-state index is -0.260. The number of cyclic esters (lactones) is 2. The Morgan fingerprint density at radius 2 is 1.07 bits per heavy atom. The summed E-state index contributed by atoms with van der Waals surface area (Å²) < 4.78 is 22.1. The topological polar surface area (TPSA) is 71.1 Å². The molecule has 2 unspecified atom stereocenters. The number of hydrogen-bond acceptors (Lipinski definition) is 6. The Morgan fingerprint density at radius 3 is 1.52 bits per heavy atom. The molecule has 2 atom stereocenters. The fourth-order valence-electron chi connectivity index (χ4n) is 4.07. The lowest BCUT2D eigenvalue weighted by molar-refractivity contribution is -0.142. The van der Waals surface area contributed by atoms with Crippen molar-refractivity contribution in [2.24, 2.45) is 11.8 Å². The van der Waals surface area contributed by atoms with Crippen molar-refractivity contribution in [2.75, 3.05) is 26.4 Å². The van der Waals surface area contributed by atoms with Crippen molar-refractivity contribution in [3.8, 4) is 0 Å². The van der Waals surface area contributed by atoms with Gasteiger partial charge in [0.25, 0.3) is 0 Å². The van der Waals surface area contributed by atoms with Crippen LogP contribution in [0.5, 0.6) is 0 Å². The molecule has 27 heavy (non-hydrogen) atoms. The second-order valence-electron chi connectivity index (χ2n) is 7.57. The Morgan fingerprint density at radius 1 is 0.630 bits per heavy atom. The Balaban J connectivity index is 1.63. The number of allylic oxidation sites excluding steroid dienone is 2. The number of carbonyl (C=O) groups excluding carboxylic acids is 2. The molecular weight excluding hydrogens is 348 g/mol. The molecule has 0 spiro atoms. The largest absolute Gasteiger partial charge is 0.497 e. The number of ether oxygens (including phenoxy) is 4. The van der Waals surface area contributed by atoms with Crippen LogP contribution in [0.15, 0.2) is 22.7 Å². The van der Waals surface area contributed by atoms with Crippen molar-refractivity contribution in [1.29, 1.82) is 0 Å². The molecule has 3 rings (SSSR count). The van der Waals surface area contributed by atoms with Crippen LogP contribution in [0.25, 0.3) is 0 Å². The Labute approximate surface area is 160 Å². The molecule has 0 aliphatic carbocycles. The van der Waals surface area contributed by atoms with E-state index in [1.165, 1.54) is 0 Å². The molecule has 0 aromatic carbocycles. The molecular formula is C21H30O6. The van der Waals surface area contributed by atoms with Crippen LogP contribution in [0, 0.1) is 11.8 Å². The van der Waals surface area contributed by atoms with Gasteiger partial charge in [0.1, 0.15) is 11.5 Å². The fraction of sp³-hybridized carbons (Fsp3) is 0.714. The average Bonchev–Trinajstić information content (AvgIpc) is 3.19. The summed E-state index contributed by atoms with van der Waals surface area (Å²) in [6, 6.07) is 0. The molecule has 3 heterocycles. The van der Waals surface area contributed by atoms with Gasteiger partial charge in [-0.1, -0.05) is 19.3 Å². The molecule has 0 bridgehead atoms. The monoisotopic (exact) mass is 378 g/mol. The van der Waals surface area contributed by atoms with E-state index < -0.39 is 0 Å². The third-order valence-electron chi connectivity index (χ3n) is 5.63. The van der Waals surface area contributed by atoms with Crippen molar-refractivity contribution in [3.63, 3.8) is 0 Å². The molecule has 3 aliphatic rings. The summed E-state index contributed by atoms with van der Waals surface area (Å²) in [6.45, 7) is 5.48. The normalized spacial score (nSPS) is 28.5. The lowest BCUT2D eigenvalue weighted by Gasteiger charge is -2.13. The van der Waals surface area contributed by atoms with Crippen molar-refractivity contribution < 1.29 is 28.5 Å². The number of carbonyl (C=O) groups is 2. The van der Waals surface area contributed by atoms with Crippen LogP contribution >= 0.6 is 0 Å². The summed E-state index contributed by atoms with van der Waals surface area (Å²) in [5, 5.41) is 0. The number of hydrogen-bond donors (Lipinski definition) is 0. The Bertz CT molecular complexity index is 579. The summed E-state index contributed by atoms with van der Waals surface area (Å²) in [7, 11) is 0. The van der Waals surface area contributed by atoms with Gasteiger partial charge in [-0.3, -0.25) is 0 Å². The van der Waals surface area contributed by atoms with Crippen LogP contribution < -0.4 is 0 Å².